The number of halogens is 1. The molecule has 0 saturated carbocycles. The molecule has 2 saturated heterocycles. The largest absolute Gasteiger partial charge is 1.00 e. The van der Waals surface area contributed by atoms with Gasteiger partial charge in [-0.3, -0.25) is 0 Å². The van der Waals surface area contributed by atoms with Crippen molar-refractivity contribution in [2.24, 2.45) is 17.3 Å². The first-order valence-corrected chi connectivity index (χ1v) is 11.7. The SMILES string of the molecule is COC(=O)c1ccc2c(c1)[C@@H]1OC[C@]3(CCC[NH2+]C3)C[C@H]1[C@@](C)(CCCC(C)C)O2.[Cl-]. The molecule has 1 aromatic rings. The zero-order chi connectivity index (χ0) is 21.4. The van der Waals surface area contributed by atoms with Gasteiger partial charge >= 0.3 is 5.97 Å². The maximum absolute atomic E-state index is 12.1. The number of esters is 1. The molecule has 0 aromatic heterocycles. The van der Waals surface area contributed by atoms with Gasteiger partial charge in [0.15, 0.2) is 0 Å². The van der Waals surface area contributed by atoms with Crippen LogP contribution in [0.2, 0.25) is 0 Å². The molecule has 3 heterocycles. The van der Waals surface area contributed by atoms with Crippen molar-refractivity contribution >= 4 is 5.97 Å². The smallest absolute Gasteiger partial charge is 0.337 e. The van der Waals surface area contributed by atoms with E-state index in [2.05, 4.69) is 26.1 Å². The first-order valence-electron chi connectivity index (χ1n) is 11.7. The summed E-state index contributed by atoms with van der Waals surface area (Å²) in [4.78, 5) is 12.1. The van der Waals surface area contributed by atoms with E-state index in [-0.39, 0.29) is 35.5 Å². The quantitative estimate of drug-likeness (QED) is 0.675. The molecule has 0 radical (unpaired) electrons. The van der Waals surface area contributed by atoms with Crippen LogP contribution in [-0.2, 0) is 9.47 Å². The summed E-state index contributed by atoms with van der Waals surface area (Å²) >= 11 is 0. The number of rotatable bonds is 5. The summed E-state index contributed by atoms with van der Waals surface area (Å²) in [5, 5.41) is 2.45. The average Bonchev–Trinajstić information content (AvgIpc) is 2.73. The highest BCUT2D eigenvalue weighted by atomic mass is 35.5. The monoisotopic (exact) mass is 451 g/mol. The number of nitrogens with two attached hydrogens (primary N) is 1. The predicted octanol–water partition coefficient (Wildman–Crippen LogP) is 0.876. The highest BCUT2D eigenvalue weighted by Crippen LogP contribution is 2.55. The molecule has 1 aromatic carbocycles. The van der Waals surface area contributed by atoms with Crippen LogP contribution in [0.4, 0.5) is 0 Å². The van der Waals surface area contributed by atoms with E-state index in [9.17, 15) is 4.79 Å². The summed E-state index contributed by atoms with van der Waals surface area (Å²) < 4.78 is 18.3. The molecule has 2 N–H and O–H groups in total. The summed E-state index contributed by atoms with van der Waals surface area (Å²) in [5.41, 5.74) is 1.58. The Hall–Kier alpha value is -1.30. The Balaban J connectivity index is 0.00000272. The molecule has 1 spiro atoms. The zero-order valence-electron chi connectivity index (χ0n) is 19.4. The molecular weight excluding hydrogens is 414 g/mol. The van der Waals surface area contributed by atoms with E-state index in [1.807, 2.05) is 12.1 Å². The fraction of sp³-hybridized carbons (Fsp3) is 0.720. The average molecular weight is 452 g/mol. The second kappa shape index (κ2) is 9.68. The Morgan fingerprint density at radius 3 is 2.84 bits per heavy atom. The minimum absolute atomic E-state index is 0. The maximum atomic E-state index is 12.1. The van der Waals surface area contributed by atoms with Gasteiger partial charge in [-0.1, -0.05) is 20.3 Å². The standard InChI is InChI=1S/C25H37NO4.ClH/c1-17(2)7-5-10-24(3)20-14-25(11-6-12-26-15-25)16-29-22(20)19-13-18(23(27)28-4)8-9-21(19)30-24;/h8-9,13,17,20,22,26H,5-7,10-12,14-16H2,1-4H3;1H/t20-,22+,24-,25-;/m1./s1. The Kier molecular flexibility index (Phi) is 7.60. The van der Waals surface area contributed by atoms with Crippen molar-refractivity contribution in [3.63, 3.8) is 0 Å². The molecule has 0 aliphatic carbocycles. The third kappa shape index (κ3) is 4.89. The lowest BCUT2D eigenvalue weighted by Crippen LogP contribution is -3.00. The summed E-state index contributed by atoms with van der Waals surface area (Å²) in [7, 11) is 1.42. The summed E-state index contributed by atoms with van der Waals surface area (Å²) in [6.45, 7) is 10.0. The molecule has 3 aliphatic heterocycles. The van der Waals surface area contributed by atoms with Gasteiger partial charge < -0.3 is 31.9 Å². The Labute approximate surface area is 193 Å². The lowest BCUT2D eigenvalue weighted by Gasteiger charge is -2.54. The fourth-order valence-corrected chi connectivity index (χ4v) is 5.84. The van der Waals surface area contributed by atoms with E-state index in [4.69, 9.17) is 14.2 Å². The number of quaternary nitrogens is 1. The molecule has 2 fully saturated rings. The van der Waals surface area contributed by atoms with Crippen LogP contribution in [0.15, 0.2) is 18.2 Å². The van der Waals surface area contributed by atoms with Crippen LogP contribution >= 0.6 is 0 Å². The molecular formula is C25H38ClNO4. The molecule has 4 atom stereocenters. The second-order valence-electron chi connectivity index (χ2n) is 10.4. The Bertz CT molecular complexity index is 777. The van der Waals surface area contributed by atoms with E-state index in [1.165, 1.54) is 32.9 Å². The number of fused-ring (bicyclic) bond motifs is 3. The second-order valence-corrected chi connectivity index (χ2v) is 10.4. The number of hydrogen-bond donors (Lipinski definition) is 1. The van der Waals surface area contributed by atoms with Gasteiger partial charge in [0, 0.05) is 16.9 Å². The lowest BCUT2D eigenvalue weighted by molar-refractivity contribution is -0.678. The number of piperidine rings is 1. The first kappa shape index (κ1) is 24.3. The van der Waals surface area contributed by atoms with Crippen molar-refractivity contribution < 1.29 is 36.7 Å². The summed E-state index contributed by atoms with van der Waals surface area (Å²) in [6.07, 6.45) is 7.02. The van der Waals surface area contributed by atoms with Gasteiger partial charge in [0.2, 0.25) is 0 Å². The van der Waals surface area contributed by atoms with Crippen molar-refractivity contribution in [3.05, 3.63) is 29.3 Å². The normalized spacial score (nSPS) is 31.9. The number of carbonyl (C=O) groups is 1. The molecule has 0 amide bonds. The van der Waals surface area contributed by atoms with Crippen LogP contribution in [0.25, 0.3) is 0 Å². The molecule has 0 unspecified atom stereocenters. The maximum Gasteiger partial charge on any atom is 0.337 e. The van der Waals surface area contributed by atoms with Crippen molar-refractivity contribution in [2.45, 2.75) is 71.0 Å². The number of benzene rings is 1. The third-order valence-corrected chi connectivity index (χ3v) is 7.60. The number of hydrogen-bond acceptors (Lipinski definition) is 4. The van der Waals surface area contributed by atoms with Crippen LogP contribution in [0, 0.1) is 17.3 Å². The van der Waals surface area contributed by atoms with Gasteiger partial charge in [0.25, 0.3) is 0 Å². The molecule has 31 heavy (non-hydrogen) atoms. The Morgan fingerprint density at radius 2 is 2.16 bits per heavy atom. The summed E-state index contributed by atoms with van der Waals surface area (Å²) in [6, 6.07) is 5.66. The van der Waals surface area contributed by atoms with Gasteiger partial charge in [0.1, 0.15) is 11.4 Å². The van der Waals surface area contributed by atoms with E-state index in [1.54, 1.807) is 6.07 Å². The molecule has 4 rings (SSSR count). The van der Waals surface area contributed by atoms with Crippen LogP contribution in [0.3, 0.4) is 0 Å². The third-order valence-electron chi connectivity index (χ3n) is 7.60. The number of ether oxygens (including phenoxy) is 3. The minimum atomic E-state index is -0.311. The zero-order valence-corrected chi connectivity index (χ0v) is 20.2. The molecule has 6 heteroatoms. The van der Waals surface area contributed by atoms with Gasteiger partial charge in [0.05, 0.1) is 38.5 Å². The van der Waals surface area contributed by atoms with E-state index in [0.717, 1.165) is 43.7 Å². The van der Waals surface area contributed by atoms with Gasteiger partial charge in [-0.05, 0) is 63.1 Å². The Morgan fingerprint density at radius 1 is 1.35 bits per heavy atom. The minimum Gasteiger partial charge on any atom is -1.00 e. The van der Waals surface area contributed by atoms with Crippen LogP contribution in [-0.4, -0.2) is 38.4 Å². The van der Waals surface area contributed by atoms with Gasteiger partial charge in [-0.25, -0.2) is 4.79 Å². The van der Waals surface area contributed by atoms with Crippen molar-refractivity contribution in [1.29, 1.82) is 0 Å². The molecule has 5 nitrogen and oxygen atoms in total. The predicted molar refractivity (Wildman–Crippen MR) is 116 cm³/mol. The van der Waals surface area contributed by atoms with E-state index >= 15 is 0 Å². The number of carbonyl (C=O) groups excluding carboxylic acids is 1. The van der Waals surface area contributed by atoms with E-state index < -0.39 is 0 Å². The van der Waals surface area contributed by atoms with Crippen molar-refractivity contribution in [3.8, 4) is 5.75 Å². The molecule has 3 aliphatic rings. The highest BCUT2D eigenvalue weighted by Gasteiger charge is 2.54. The van der Waals surface area contributed by atoms with Crippen LogP contribution < -0.4 is 22.5 Å². The topological polar surface area (TPSA) is 61.4 Å². The first-order chi connectivity index (χ1) is 14.4. The fourth-order valence-electron chi connectivity index (χ4n) is 5.84. The van der Waals surface area contributed by atoms with Crippen LogP contribution in [0.1, 0.15) is 81.3 Å². The lowest BCUT2D eigenvalue weighted by atomic mass is 9.64. The van der Waals surface area contributed by atoms with Gasteiger partial charge in [-0.2, -0.15) is 0 Å². The molecule has 0 bridgehead atoms. The summed E-state index contributed by atoms with van der Waals surface area (Å²) in [5.74, 6) is 1.55. The van der Waals surface area contributed by atoms with Crippen molar-refractivity contribution in [2.75, 3.05) is 26.8 Å². The molecule has 174 valence electrons. The highest BCUT2D eigenvalue weighted by molar-refractivity contribution is 5.89. The van der Waals surface area contributed by atoms with Crippen LogP contribution in [0.5, 0.6) is 5.75 Å². The van der Waals surface area contributed by atoms with Crippen molar-refractivity contribution in [1.82, 2.24) is 0 Å². The van der Waals surface area contributed by atoms with E-state index in [0.29, 0.717) is 17.4 Å². The van der Waals surface area contributed by atoms with Gasteiger partial charge in [-0.15, -0.1) is 0 Å². The number of methoxy groups -OCH3 is 1.